The summed E-state index contributed by atoms with van der Waals surface area (Å²) in [4.78, 5) is 0.202. The number of nitrogens with one attached hydrogen (secondary N) is 1. The molecule has 98 valence electrons. The Balaban J connectivity index is 2.38. The summed E-state index contributed by atoms with van der Waals surface area (Å²) in [5.74, 6) is -0.389. The first kappa shape index (κ1) is 13.5. The summed E-state index contributed by atoms with van der Waals surface area (Å²) in [7, 11) is -3.29. The molecule has 2 rings (SSSR count). The fourth-order valence-corrected chi connectivity index (χ4v) is 3.74. The van der Waals surface area contributed by atoms with Crippen molar-refractivity contribution in [3.63, 3.8) is 0 Å². The zero-order valence-corrected chi connectivity index (χ0v) is 11.2. The molecule has 0 radical (unpaired) electrons. The third-order valence-corrected chi connectivity index (χ3v) is 4.85. The molecule has 0 fully saturated rings. The Morgan fingerprint density at radius 1 is 1.56 bits per heavy atom. The van der Waals surface area contributed by atoms with Gasteiger partial charge in [0.1, 0.15) is 5.82 Å². The van der Waals surface area contributed by atoms with Crippen LogP contribution in [0.25, 0.3) is 0 Å². The molecule has 0 saturated carbocycles. The SMILES string of the molecule is C=C(Cl)CNC1CCS(=O)(=O)c2ccc(F)cc21. The molecule has 0 bridgehead atoms. The van der Waals surface area contributed by atoms with Crippen LogP contribution in [0.2, 0.25) is 0 Å². The van der Waals surface area contributed by atoms with E-state index in [-0.39, 0.29) is 16.7 Å². The average Bonchev–Trinajstić information content (AvgIpc) is 2.27. The molecule has 0 amide bonds. The highest BCUT2D eigenvalue weighted by molar-refractivity contribution is 7.91. The van der Waals surface area contributed by atoms with E-state index in [4.69, 9.17) is 11.6 Å². The molecule has 18 heavy (non-hydrogen) atoms. The van der Waals surface area contributed by atoms with Crippen LogP contribution >= 0.6 is 11.6 Å². The van der Waals surface area contributed by atoms with Crippen molar-refractivity contribution in [1.82, 2.24) is 5.32 Å². The highest BCUT2D eigenvalue weighted by atomic mass is 35.5. The molecule has 0 aromatic heterocycles. The molecule has 0 saturated heterocycles. The third-order valence-electron chi connectivity index (χ3n) is 2.90. The molecule has 1 aromatic rings. The minimum Gasteiger partial charge on any atom is -0.305 e. The molecule has 1 aliphatic heterocycles. The van der Waals surface area contributed by atoms with E-state index in [1.165, 1.54) is 18.2 Å². The fraction of sp³-hybridized carbons (Fsp3) is 0.333. The summed E-state index contributed by atoms with van der Waals surface area (Å²) in [6, 6.07) is 3.54. The van der Waals surface area contributed by atoms with E-state index in [0.29, 0.717) is 23.6 Å². The standard InChI is InChI=1S/C12H13ClFNO2S/c1-8(13)7-15-11-4-5-18(16,17)12-3-2-9(14)6-10(11)12/h2-3,6,11,15H,1,4-5,7H2. The molecule has 1 aliphatic rings. The van der Waals surface area contributed by atoms with E-state index in [9.17, 15) is 12.8 Å². The number of halogens is 2. The van der Waals surface area contributed by atoms with Gasteiger partial charge < -0.3 is 5.32 Å². The monoisotopic (exact) mass is 289 g/mol. The maximum Gasteiger partial charge on any atom is 0.178 e. The molecule has 3 nitrogen and oxygen atoms in total. The summed E-state index contributed by atoms with van der Waals surface area (Å²) in [5, 5.41) is 3.51. The van der Waals surface area contributed by atoms with E-state index < -0.39 is 15.7 Å². The second kappa shape index (κ2) is 4.99. The number of sulfone groups is 1. The average molecular weight is 290 g/mol. The number of hydrogen-bond donors (Lipinski definition) is 1. The van der Waals surface area contributed by atoms with E-state index in [2.05, 4.69) is 11.9 Å². The Kier molecular flexibility index (Phi) is 3.75. The molecule has 6 heteroatoms. The van der Waals surface area contributed by atoms with Crippen molar-refractivity contribution in [2.45, 2.75) is 17.4 Å². The molecular weight excluding hydrogens is 277 g/mol. The summed E-state index contributed by atoms with van der Waals surface area (Å²) in [6.07, 6.45) is 0.406. The van der Waals surface area contributed by atoms with Gasteiger partial charge in [0, 0.05) is 17.6 Å². The predicted molar refractivity (Wildman–Crippen MR) is 68.8 cm³/mol. The molecule has 1 atom stereocenters. The lowest BCUT2D eigenvalue weighted by atomic mass is 10.0. The summed E-state index contributed by atoms with van der Waals surface area (Å²) >= 11 is 5.66. The fourth-order valence-electron chi connectivity index (χ4n) is 2.06. The zero-order valence-electron chi connectivity index (χ0n) is 9.62. The topological polar surface area (TPSA) is 46.2 Å². The van der Waals surface area contributed by atoms with Gasteiger partial charge in [0.15, 0.2) is 9.84 Å². The first-order valence-electron chi connectivity index (χ1n) is 5.49. The minimum absolute atomic E-state index is 0.0536. The van der Waals surface area contributed by atoms with Crippen molar-refractivity contribution >= 4 is 21.4 Å². The molecule has 1 N–H and O–H groups in total. The van der Waals surface area contributed by atoms with Crippen LogP contribution in [-0.4, -0.2) is 20.7 Å². The zero-order chi connectivity index (χ0) is 13.3. The molecule has 1 heterocycles. The normalized spacial score (nSPS) is 21.3. The summed E-state index contributed by atoms with van der Waals surface area (Å²) < 4.78 is 37.0. The van der Waals surface area contributed by atoms with Gasteiger partial charge in [-0.1, -0.05) is 18.2 Å². The first-order valence-corrected chi connectivity index (χ1v) is 7.52. The van der Waals surface area contributed by atoms with Crippen molar-refractivity contribution in [3.05, 3.63) is 41.2 Å². The van der Waals surface area contributed by atoms with E-state index >= 15 is 0 Å². The summed E-state index contributed by atoms with van der Waals surface area (Å²) in [6.45, 7) is 3.92. The lowest BCUT2D eigenvalue weighted by Crippen LogP contribution is -2.30. The van der Waals surface area contributed by atoms with Crippen molar-refractivity contribution in [1.29, 1.82) is 0 Å². The first-order chi connectivity index (χ1) is 8.40. The predicted octanol–water partition coefficient (Wildman–Crippen LogP) is 2.39. The Morgan fingerprint density at radius 3 is 2.94 bits per heavy atom. The highest BCUT2D eigenvalue weighted by Crippen LogP contribution is 2.32. The molecule has 0 spiro atoms. The quantitative estimate of drug-likeness (QED) is 0.869. The Bertz CT molecular complexity index is 586. The van der Waals surface area contributed by atoms with Crippen LogP contribution in [-0.2, 0) is 9.84 Å². The van der Waals surface area contributed by atoms with Gasteiger partial charge in [0.2, 0.25) is 0 Å². The van der Waals surface area contributed by atoms with Crippen molar-refractivity contribution in [2.24, 2.45) is 0 Å². The van der Waals surface area contributed by atoms with Gasteiger partial charge >= 0.3 is 0 Å². The molecule has 0 aliphatic carbocycles. The van der Waals surface area contributed by atoms with Crippen LogP contribution in [0.1, 0.15) is 18.0 Å². The lowest BCUT2D eigenvalue weighted by molar-refractivity contribution is 0.507. The Hall–Kier alpha value is -0.910. The van der Waals surface area contributed by atoms with Crippen LogP contribution in [0.5, 0.6) is 0 Å². The van der Waals surface area contributed by atoms with Gasteiger partial charge in [0.25, 0.3) is 0 Å². The maximum atomic E-state index is 13.3. The van der Waals surface area contributed by atoms with Crippen molar-refractivity contribution < 1.29 is 12.8 Å². The van der Waals surface area contributed by atoms with Crippen LogP contribution in [0.15, 0.2) is 34.7 Å². The third kappa shape index (κ3) is 2.74. The van der Waals surface area contributed by atoms with Gasteiger partial charge in [-0.3, -0.25) is 0 Å². The van der Waals surface area contributed by atoms with E-state index in [0.717, 1.165) is 0 Å². The van der Waals surface area contributed by atoms with Crippen molar-refractivity contribution in [3.8, 4) is 0 Å². The number of benzene rings is 1. The van der Waals surface area contributed by atoms with Crippen LogP contribution in [0.4, 0.5) is 4.39 Å². The number of rotatable bonds is 3. The van der Waals surface area contributed by atoms with Gasteiger partial charge in [-0.2, -0.15) is 0 Å². The lowest BCUT2D eigenvalue weighted by Gasteiger charge is -2.26. The van der Waals surface area contributed by atoms with Gasteiger partial charge in [0.05, 0.1) is 10.6 Å². The molecule has 1 unspecified atom stereocenters. The highest BCUT2D eigenvalue weighted by Gasteiger charge is 2.30. The molecular formula is C12H13ClFNO2S. The van der Waals surface area contributed by atoms with Gasteiger partial charge in [-0.15, -0.1) is 0 Å². The Morgan fingerprint density at radius 2 is 2.28 bits per heavy atom. The Labute approximate surface area is 111 Å². The summed E-state index contributed by atoms with van der Waals surface area (Å²) in [5.41, 5.74) is 0.471. The van der Waals surface area contributed by atoms with Crippen LogP contribution in [0, 0.1) is 5.82 Å². The second-order valence-corrected chi connectivity index (χ2v) is 6.85. The van der Waals surface area contributed by atoms with Gasteiger partial charge in [-0.25, -0.2) is 12.8 Å². The van der Waals surface area contributed by atoms with Crippen LogP contribution in [0.3, 0.4) is 0 Å². The second-order valence-electron chi connectivity index (χ2n) is 4.24. The van der Waals surface area contributed by atoms with E-state index in [1.54, 1.807) is 0 Å². The van der Waals surface area contributed by atoms with Crippen LogP contribution < -0.4 is 5.32 Å². The smallest absolute Gasteiger partial charge is 0.178 e. The largest absolute Gasteiger partial charge is 0.305 e. The number of hydrogen-bond acceptors (Lipinski definition) is 3. The number of fused-ring (bicyclic) bond motifs is 1. The minimum atomic E-state index is -3.29. The van der Waals surface area contributed by atoms with Crippen molar-refractivity contribution in [2.75, 3.05) is 12.3 Å². The van der Waals surface area contributed by atoms with Gasteiger partial charge in [-0.05, 0) is 30.2 Å². The van der Waals surface area contributed by atoms with E-state index in [1.807, 2.05) is 0 Å². The maximum absolute atomic E-state index is 13.3. The molecule has 1 aromatic carbocycles.